The van der Waals surface area contributed by atoms with Gasteiger partial charge in [0.15, 0.2) is 0 Å². The normalized spacial score (nSPS) is 13.3. The van der Waals surface area contributed by atoms with Crippen LogP contribution in [0.25, 0.3) is 10.9 Å². The quantitative estimate of drug-likeness (QED) is 0.789. The fourth-order valence-corrected chi connectivity index (χ4v) is 1.89. The van der Waals surface area contributed by atoms with Crippen molar-refractivity contribution in [3.63, 3.8) is 0 Å². The van der Waals surface area contributed by atoms with Crippen LogP contribution in [0.5, 0.6) is 0 Å². The molecule has 0 bridgehead atoms. The Morgan fingerprint density at radius 2 is 2.20 bits per heavy atom. The van der Waals surface area contributed by atoms with Gasteiger partial charge in [-0.15, -0.1) is 0 Å². The van der Waals surface area contributed by atoms with Crippen LogP contribution in [0.1, 0.15) is 24.5 Å². The Morgan fingerprint density at radius 1 is 1.40 bits per heavy atom. The maximum absolute atomic E-state index is 5.77. The van der Waals surface area contributed by atoms with Gasteiger partial charge in [0, 0.05) is 23.1 Å². The van der Waals surface area contributed by atoms with Gasteiger partial charge in [0.05, 0.1) is 0 Å². The summed E-state index contributed by atoms with van der Waals surface area (Å²) in [7, 11) is 0. The molecule has 2 heteroatoms. The first-order chi connectivity index (χ1) is 7.16. The van der Waals surface area contributed by atoms with Gasteiger partial charge in [0.25, 0.3) is 0 Å². The third-order valence-electron chi connectivity index (χ3n) is 2.79. The number of aromatic amines is 1. The topological polar surface area (TPSA) is 41.8 Å². The summed E-state index contributed by atoms with van der Waals surface area (Å²) >= 11 is 0. The van der Waals surface area contributed by atoms with E-state index in [1.54, 1.807) is 0 Å². The molecule has 0 saturated heterocycles. The van der Waals surface area contributed by atoms with Gasteiger partial charge in [-0.2, -0.15) is 0 Å². The lowest BCUT2D eigenvalue weighted by atomic mass is 10.0. The molecule has 1 atom stereocenters. The average molecular weight is 202 g/mol. The average Bonchev–Trinajstić information content (AvgIpc) is 2.57. The van der Waals surface area contributed by atoms with E-state index < -0.39 is 0 Å². The predicted octanol–water partition coefficient (Wildman–Crippen LogP) is 2.76. The fraction of sp³-hybridized carbons (Fsp3) is 0.385. The number of H-pyrrole nitrogens is 1. The van der Waals surface area contributed by atoms with E-state index >= 15 is 0 Å². The van der Waals surface area contributed by atoms with Crippen molar-refractivity contribution in [2.75, 3.05) is 0 Å². The van der Waals surface area contributed by atoms with Crippen molar-refractivity contribution in [2.45, 2.75) is 32.7 Å². The zero-order valence-corrected chi connectivity index (χ0v) is 9.38. The molecule has 2 nitrogen and oxygen atoms in total. The maximum atomic E-state index is 5.77. The second kappa shape index (κ2) is 4.07. The van der Waals surface area contributed by atoms with Crippen LogP contribution < -0.4 is 5.73 Å². The largest absolute Gasteiger partial charge is 0.361 e. The van der Waals surface area contributed by atoms with Gasteiger partial charge in [-0.1, -0.05) is 12.1 Å². The molecule has 1 aromatic heterocycles. The molecule has 2 rings (SSSR count). The molecule has 0 aliphatic carbocycles. The fourth-order valence-electron chi connectivity index (χ4n) is 1.89. The van der Waals surface area contributed by atoms with Gasteiger partial charge in [0.1, 0.15) is 0 Å². The molecule has 0 unspecified atom stereocenters. The van der Waals surface area contributed by atoms with E-state index in [0.717, 1.165) is 12.8 Å². The minimum Gasteiger partial charge on any atom is -0.361 e. The zero-order valence-electron chi connectivity index (χ0n) is 9.38. The van der Waals surface area contributed by atoms with Crippen molar-refractivity contribution in [2.24, 2.45) is 5.73 Å². The van der Waals surface area contributed by atoms with Crippen LogP contribution in [0, 0.1) is 6.92 Å². The molecule has 0 radical (unpaired) electrons. The highest BCUT2D eigenvalue weighted by Gasteiger charge is 2.04. The highest BCUT2D eigenvalue weighted by molar-refractivity contribution is 5.83. The monoisotopic (exact) mass is 202 g/mol. The summed E-state index contributed by atoms with van der Waals surface area (Å²) in [5.74, 6) is 0. The summed E-state index contributed by atoms with van der Waals surface area (Å²) in [6.45, 7) is 4.17. The summed E-state index contributed by atoms with van der Waals surface area (Å²) in [4.78, 5) is 3.31. The highest BCUT2D eigenvalue weighted by atomic mass is 14.7. The lowest BCUT2D eigenvalue weighted by molar-refractivity contribution is 0.668. The van der Waals surface area contributed by atoms with Gasteiger partial charge < -0.3 is 10.7 Å². The molecule has 0 amide bonds. The Kier molecular flexibility index (Phi) is 2.78. The number of fused-ring (bicyclic) bond motifs is 1. The van der Waals surface area contributed by atoms with E-state index in [9.17, 15) is 0 Å². The van der Waals surface area contributed by atoms with Crippen LogP contribution in [0.3, 0.4) is 0 Å². The highest BCUT2D eigenvalue weighted by Crippen LogP contribution is 2.20. The Hall–Kier alpha value is -1.28. The second-order valence-corrected chi connectivity index (χ2v) is 4.38. The number of hydrogen-bond acceptors (Lipinski definition) is 1. The van der Waals surface area contributed by atoms with E-state index in [0.29, 0.717) is 0 Å². The molecule has 2 aromatic rings. The molecule has 0 aliphatic rings. The van der Waals surface area contributed by atoms with Crippen LogP contribution in [-0.4, -0.2) is 11.0 Å². The van der Waals surface area contributed by atoms with Crippen molar-refractivity contribution in [3.05, 3.63) is 35.5 Å². The minimum absolute atomic E-state index is 0.278. The molecule has 1 aromatic carbocycles. The first kappa shape index (κ1) is 10.2. The summed E-state index contributed by atoms with van der Waals surface area (Å²) in [5, 5.41) is 1.33. The third kappa shape index (κ3) is 2.21. The number of aryl methyl sites for hydroxylation is 2. The summed E-state index contributed by atoms with van der Waals surface area (Å²) < 4.78 is 0. The van der Waals surface area contributed by atoms with E-state index in [4.69, 9.17) is 5.73 Å². The van der Waals surface area contributed by atoms with Crippen molar-refractivity contribution in [1.29, 1.82) is 0 Å². The molecule has 80 valence electrons. The SMILES string of the molecule is Cc1ccc2c(CC[C@H](C)N)c[nH]c2c1. The molecule has 3 N–H and O–H groups in total. The maximum Gasteiger partial charge on any atom is 0.0459 e. The van der Waals surface area contributed by atoms with E-state index in [1.807, 2.05) is 0 Å². The Balaban J connectivity index is 2.29. The van der Waals surface area contributed by atoms with Crippen LogP contribution in [0.15, 0.2) is 24.4 Å². The molecule has 15 heavy (non-hydrogen) atoms. The van der Waals surface area contributed by atoms with Crippen LogP contribution >= 0.6 is 0 Å². The van der Waals surface area contributed by atoms with Gasteiger partial charge in [-0.05, 0) is 43.9 Å². The summed E-state index contributed by atoms with van der Waals surface area (Å²) in [5.41, 5.74) is 9.67. The van der Waals surface area contributed by atoms with Crippen LogP contribution in [-0.2, 0) is 6.42 Å². The third-order valence-corrected chi connectivity index (χ3v) is 2.79. The van der Waals surface area contributed by atoms with Crippen molar-refractivity contribution in [3.8, 4) is 0 Å². The Bertz CT molecular complexity index is 455. The van der Waals surface area contributed by atoms with E-state index in [2.05, 4.69) is 43.2 Å². The summed E-state index contributed by atoms with van der Waals surface area (Å²) in [6.07, 6.45) is 4.20. The predicted molar refractivity (Wildman–Crippen MR) is 65.0 cm³/mol. The molecule has 1 heterocycles. The number of benzene rings is 1. The second-order valence-electron chi connectivity index (χ2n) is 4.38. The Morgan fingerprint density at radius 3 is 2.93 bits per heavy atom. The molecule has 0 aliphatic heterocycles. The molecular formula is C13H18N2. The standard InChI is InChI=1S/C13H18N2/c1-9-3-6-12-11(5-4-10(2)14)8-15-13(12)7-9/h3,6-8,10,15H,4-5,14H2,1-2H3/t10-/m0/s1. The smallest absolute Gasteiger partial charge is 0.0459 e. The first-order valence-corrected chi connectivity index (χ1v) is 5.49. The number of nitrogens with two attached hydrogens (primary N) is 1. The van der Waals surface area contributed by atoms with E-state index in [-0.39, 0.29) is 6.04 Å². The minimum atomic E-state index is 0.278. The van der Waals surface area contributed by atoms with E-state index in [1.165, 1.54) is 22.0 Å². The lowest BCUT2D eigenvalue weighted by Crippen LogP contribution is -2.15. The number of aromatic nitrogens is 1. The van der Waals surface area contributed by atoms with Crippen molar-refractivity contribution >= 4 is 10.9 Å². The Labute approximate surface area is 90.5 Å². The molecule has 0 fully saturated rings. The van der Waals surface area contributed by atoms with Gasteiger partial charge in [0.2, 0.25) is 0 Å². The molecule has 0 spiro atoms. The molecular weight excluding hydrogens is 184 g/mol. The first-order valence-electron chi connectivity index (χ1n) is 5.49. The van der Waals surface area contributed by atoms with Gasteiger partial charge in [-0.25, -0.2) is 0 Å². The number of nitrogens with one attached hydrogen (secondary N) is 1. The lowest BCUT2D eigenvalue weighted by Gasteiger charge is -2.03. The zero-order chi connectivity index (χ0) is 10.8. The van der Waals surface area contributed by atoms with Gasteiger partial charge in [-0.3, -0.25) is 0 Å². The molecule has 0 saturated carbocycles. The van der Waals surface area contributed by atoms with Crippen molar-refractivity contribution < 1.29 is 0 Å². The number of rotatable bonds is 3. The van der Waals surface area contributed by atoms with Gasteiger partial charge >= 0.3 is 0 Å². The van der Waals surface area contributed by atoms with Crippen LogP contribution in [0.4, 0.5) is 0 Å². The van der Waals surface area contributed by atoms with Crippen LogP contribution in [0.2, 0.25) is 0 Å². The number of hydrogen-bond donors (Lipinski definition) is 2. The summed E-state index contributed by atoms with van der Waals surface area (Å²) in [6, 6.07) is 6.81. The van der Waals surface area contributed by atoms with Crippen molar-refractivity contribution in [1.82, 2.24) is 4.98 Å².